The molecule has 210 valence electrons. The molecule has 0 saturated carbocycles. The SMILES string of the molecule is COc1cc(C(=O)N2CCC(N3CCOCC3)CC2)ccc1Nc1nc(OC2CCOC2)c2c(C#N)c[nH]c2n1. The van der Waals surface area contributed by atoms with E-state index in [1.54, 1.807) is 31.5 Å². The molecule has 40 heavy (non-hydrogen) atoms. The molecule has 12 heteroatoms. The number of nitrogens with one attached hydrogen (secondary N) is 2. The summed E-state index contributed by atoms with van der Waals surface area (Å²) < 4.78 is 22.7. The summed E-state index contributed by atoms with van der Waals surface area (Å²) in [5.74, 6) is 1.07. The minimum atomic E-state index is -0.147. The zero-order valence-electron chi connectivity index (χ0n) is 22.5. The van der Waals surface area contributed by atoms with Crippen molar-refractivity contribution in [1.82, 2.24) is 24.8 Å². The number of carbonyl (C=O) groups is 1. The highest BCUT2D eigenvalue weighted by Crippen LogP contribution is 2.33. The van der Waals surface area contributed by atoms with Gasteiger partial charge in [0.25, 0.3) is 5.91 Å². The summed E-state index contributed by atoms with van der Waals surface area (Å²) in [6, 6.07) is 7.99. The molecule has 3 aromatic rings. The van der Waals surface area contributed by atoms with Crippen molar-refractivity contribution in [2.75, 3.05) is 65.0 Å². The fraction of sp³-hybridized carbons (Fsp3) is 0.500. The summed E-state index contributed by atoms with van der Waals surface area (Å²) in [7, 11) is 1.56. The maximum absolute atomic E-state index is 13.3. The van der Waals surface area contributed by atoms with Gasteiger partial charge in [-0.1, -0.05) is 0 Å². The van der Waals surface area contributed by atoms with E-state index in [1.807, 2.05) is 4.90 Å². The zero-order chi connectivity index (χ0) is 27.5. The number of fused-ring (bicyclic) bond motifs is 1. The number of benzene rings is 1. The maximum Gasteiger partial charge on any atom is 0.253 e. The molecule has 6 rings (SSSR count). The number of piperidine rings is 1. The van der Waals surface area contributed by atoms with E-state index in [9.17, 15) is 10.1 Å². The Hall–Kier alpha value is -3.92. The van der Waals surface area contributed by atoms with Gasteiger partial charge in [0, 0.05) is 50.4 Å². The van der Waals surface area contributed by atoms with Gasteiger partial charge in [0.05, 0.1) is 50.2 Å². The monoisotopic (exact) mass is 547 g/mol. The predicted molar refractivity (Wildman–Crippen MR) is 146 cm³/mol. The number of carbonyl (C=O) groups excluding carboxylic acids is 1. The smallest absolute Gasteiger partial charge is 0.253 e. The fourth-order valence-electron chi connectivity index (χ4n) is 5.60. The third-order valence-corrected chi connectivity index (χ3v) is 7.79. The summed E-state index contributed by atoms with van der Waals surface area (Å²) in [5, 5.41) is 13.3. The normalized spacial score (nSPS) is 20.4. The van der Waals surface area contributed by atoms with Crippen molar-refractivity contribution in [3.63, 3.8) is 0 Å². The van der Waals surface area contributed by atoms with Crippen LogP contribution in [0.2, 0.25) is 0 Å². The number of amides is 1. The van der Waals surface area contributed by atoms with Gasteiger partial charge in [-0.05, 0) is 31.0 Å². The van der Waals surface area contributed by atoms with Gasteiger partial charge in [0.15, 0.2) is 0 Å². The number of H-pyrrole nitrogens is 1. The summed E-state index contributed by atoms with van der Waals surface area (Å²) in [4.78, 5) is 29.9. The molecule has 1 aromatic carbocycles. The number of hydrogen-bond acceptors (Lipinski definition) is 10. The third-order valence-electron chi connectivity index (χ3n) is 7.79. The van der Waals surface area contributed by atoms with E-state index >= 15 is 0 Å². The average Bonchev–Trinajstić information content (AvgIpc) is 3.67. The number of anilines is 2. The average molecular weight is 548 g/mol. The Bertz CT molecular complexity index is 1400. The van der Waals surface area contributed by atoms with Crippen molar-refractivity contribution in [2.24, 2.45) is 0 Å². The molecule has 1 amide bonds. The summed E-state index contributed by atoms with van der Waals surface area (Å²) in [5.41, 5.74) is 2.06. The Kier molecular flexibility index (Phi) is 7.68. The van der Waals surface area contributed by atoms with Crippen LogP contribution in [0.1, 0.15) is 35.2 Å². The number of aromatic nitrogens is 3. The number of methoxy groups -OCH3 is 1. The van der Waals surface area contributed by atoms with Gasteiger partial charge in [-0.15, -0.1) is 0 Å². The lowest BCUT2D eigenvalue weighted by Gasteiger charge is -2.40. The van der Waals surface area contributed by atoms with E-state index in [-0.39, 0.29) is 18.0 Å². The van der Waals surface area contributed by atoms with Crippen molar-refractivity contribution < 1.29 is 23.7 Å². The number of morpholine rings is 1. The molecule has 1 unspecified atom stereocenters. The summed E-state index contributed by atoms with van der Waals surface area (Å²) in [6.45, 7) is 6.05. The Labute approximate surface area is 232 Å². The first-order chi connectivity index (χ1) is 19.6. The van der Waals surface area contributed by atoms with Crippen LogP contribution in [0.5, 0.6) is 11.6 Å². The van der Waals surface area contributed by atoms with E-state index in [0.29, 0.717) is 58.7 Å². The molecule has 2 N–H and O–H groups in total. The lowest BCUT2D eigenvalue weighted by molar-refractivity contribution is 0.00159. The van der Waals surface area contributed by atoms with Crippen LogP contribution >= 0.6 is 0 Å². The highest BCUT2D eigenvalue weighted by molar-refractivity contribution is 5.95. The van der Waals surface area contributed by atoms with E-state index in [2.05, 4.69) is 31.2 Å². The standard InChI is InChI=1S/C28H33N7O5/c1-37-23-14-18(27(36)35-7-4-20(5-8-35)34-9-12-38-13-10-34)2-3-22(23)31-28-32-25-24(19(15-29)16-30-25)26(33-28)40-21-6-11-39-17-21/h2-3,14,16,20-21H,4-13,17H2,1H3,(H2,30,31,32,33). The van der Waals surface area contributed by atoms with Crippen molar-refractivity contribution in [1.29, 1.82) is 5.26 Å². The number of aromatic amines is 1. The van der Waals surface area contributed by atoms with Crippen LogP contribution in [-0.2, 0) is 9.47 Å². The van der Waals surface area contributed by atoms with Crippen LogP contribution in [0.4, 0.5) is 11.6 Å². The van der Waals surface area contributed by atoms with Crippen molar-refractivity contribution in [3.8, 4) is 17.7 Å². The van der Waals surface area contributed by atoms with E-state index < -0.39 is 0 Å². The first kappa shape index (κ1) is 26.3. The molecule has 5 heterocycles. The number of hydrogen-bond donors (Lipinski definition) is 2. The van der Waals surface area contributed by atoms with Crippen molar-refractivity contribution >= 4 is 28.6 Å². The highest BCUT2D eigenvalue weighted by atomic mass is 16.5. The van der Waals surface area contributed by atoms with Crippen LogP contribution < -0.4 is 14.8 Å². The minimum Gasteiger partial charge on any atom is -0.495 e. The van der Waals surface area contributed by atoms with E-state index in [0.717, 1.165) is 58.7 Å². The third kappa shape index (κ3) is 5.40. The Morgan fingerprint density at radius 2 is 1.95 bits per heavy atom. The molecule has 2 aromatic heterocycles. The second kappa shape index (κ2) is 11.7. The van der Waals surface area contributed by atoms with Crippen molar-refractivity contribution in [3.05, 3.63) is 35.5 Å². The van der Waals surface area contributed by atoms with Crippen LogP contribution in [0.25, 0.3) is 11.0 Å². The molecule has 3 saturated heterocycles. The quantitative estimate of drug-likeness (QED) is 0.454. The molecule has 0 bridgehead atoms. The van der Waals surface area contributed by atoms with Gasteiger partial charge in [-0.25, -0.2) is 0 Å². The molecule has 0 spiro atoms. The van der Waals surface area contributed by atoms with Gasteiger partial charge >= 0.3 is 0 Å². The zero-order valence-corrected chi connectivity index (χ0v) is 22.5. The van der Waals surface area contributed by atoms with Gasteiger partial charge in [-0.3, -0.25) is 9.69 Å². The second-order valence-corrected chi connectivity index (χ2v) is 10.2. The van der Waals surface area contributed by atoms with E-state index in [1.165, 1.54) is 0 Å². The Balaban J connectivity index is 1.18. The molecular formula is C28H33N7O5. The predicted octanol–water partition coefficient (Wildman–Crippen LogP) is 2.69. The molecule has 1 atom stereocenters. The number of rotatable bonds is 7. The summed E-state index contributed by atoms with van der Waals surface area (Å²) in [6.07, 6.45) is 4.12. The number of likely N-dealkylation sites (tertiary alicyclic amines) is 1. The minimum absolute atomic E-state index is 0.00663. The van der Waals surface area contributed by atoms with Crippen LogP contribution in [0, 0.1) is 11.3 Å². The van der Waals surface area contributed by atoms with Gasteiger partial charge in [-0.2, -0.15) is 15.2 Å². The van der Waals surface area contributed by atoms with Crippen LogP contribution in [-0.4, -0.2) is 103 Å². The molecule has 0 aliphatic carbocycles. The highest BCUT2D eigenvalue weighted by Gasteiger charge is 2.29. The topological polar surface area (TPSA) is 138 Å². The molecule has 3 aliphatic rings. The van der Waals surface area contributed by atoms with Gasteiger partial charge in [0.1, 0.15) is 23.6 Å². The Morgan fingerprint density at radius 3 is 2.67 bits per heavy atom. The molecular weight excluding hydrogens is 514 g/mol. The molecule has 3 aliphatic heterocycles. The first-order valence-corrected chi connectivity index (χ1v) is 13.7. The molecule has 0 radical (unpaired) electrons. The van der Waals surface area contributed by atoms with Crippen molar-refractivity contribution in [2.45, 2.75) is 31.4 Å². The first-order valence-electron chi connectivity index (χ1n) is 13.7. The van der Waals surface area contributed by atoms with E-state index in [4.69, 9.17) is 18.9 Å². The Morgan fingerprint density at radius 1 is 1.12 bits per heavy atom. The lowest BCUT2D eigenvalue weighted by Crippen LogP contribution is -2.50. The lowest BCUT2D eigenvalue weighted by atomic mass is 10.0. The van der Waals surface area contributed by atoms with Crippen LogP contribution in [0.3, 0.4) is 0 Å². The molecule has 3 fully saturated rings. The largest absolute Gasteiger partial charge is 0.495 e. The van der Waals surface area contributed by atoms with Crippen LogP contribution in [0.15, 0.2) is 24.4 Å². The maximum atomic E-state index is 13.3. The number of nitrogens with zero attached hydrogens (tertiary/aromatic N) is 5. The van der Waals surface area contributed by atoms with Gasteiger partial charge < -0.3 is 34.1 Å². The summed E-state index contributed by atoms with van der Waals surface area (Å²) >= 11 is 0. The fourth-order valence-corrected chi connectivity index (χ4v) is 5.60. The second-order valence-electron chi connectivity index (χ2n) is 10.2. The van der Waals surface area contributed by atoms with Gasteiger partial charge in [0.2, 0.25) is 11.8 Å². The number of nitriles is 1. The number of ether oxygens (including phenoxy) is 4. The molecule has 12 nitrogen and oxygen atoms in total.